The second-order valence-electron chi connectivity index (χ2n) is 5.96. The first-order chi connectivity index (χ1) is 12.0. The number of hydrazone groups is 1. The molecule has 0 aliphatic heterocycles. The molecule has 6 heteroatoms. The third kappa shape index (κ3) is 4.45. The number of hydrogen-bond donors (Lipinski definition) is 2. The minimum atomic E-state index is -0.372. The lowest BCUT2D eigenvalue weighted by molar-refractivity contribution is -0.117. The van der Waals surface area contributed by atoms with Crippen LogP contribution in [0, 0.1) is 5.92 Å². The van der Waals surface area contributed by atoms with Gasteiger partial charge in [-0.15, -0.1) is 0 Å². The van der Waals surface area contributed by atoms with E-state index in [9.17, 15) is 9.59 Å². The zero-order chi connectivity index (χ0) is 17.8. The number of anilines is 1. The zero-order valence-electron chi connectivity index (χ0n) is 13.8. The summed E-state index contributed by atoms with van der Waals surface area (Å²) in [5.74, 6) is -0.171. The number of nitrogens with one attached hydrogen (secondary N) is 2. The summed E-state index contributed by atoms with van der Waals surface area (Å²) < 4.78 is 0. The van der Waals surface area contributed by atoms with Crippen LogP contribution < -0.4 is 10.7 Å². The van der Waals surface area contributed by atoms with Crippen molar-refractivity contribution in [2.24, 2.45) is 11.0 Å². The molecule has 2 amide bonds. The van der Waals surface area contributed by atoms with Crippen LogP contribution in [0.4, 0.5) is 5.69 Å². The molecule has 25 heavy (non-hydrogen) atoms. The first-order valence-electron chi connectivity index (χ1n) is 8.05. The molecular formula is C19H18ClN3O2. The summed E-state index contributed by atoms with van der Waals surface area (Å²) in [4.78, 5) is 24.0. The Labute approximate surface area is 151 Å². The number of hydrogen-bond acceptors (Lipinski definition) is 3. The lowest BCUT2D eigenvalue weighted by Gasteiger charge is -2.07. The van der Waals surface area contributed by atoms with Crippen LogP contribution in [-0.4, -0.2) is 17.5 Å². The van der Waals surface area contributed by atoms with Gasteiger partial charge in [0.15, 0.2) is 0 Å². The van der Waals surface area contributed by atoms with Crippen LogP contribution in [0.3, 0.4) is 0 Å². The largest absolute Gasteiger partial charge is 0.326 e. The van der Waals surface area contributed by atoms with Gasteiger partial charge < -0.3 is 5.32 Å². The molecule has 0 spiro atoms. The van der Waals surface area contributed by atoms with E-state index in [0.29, 0.717) is 16.3 Å². The number of rotatable bonds is 5. The van der Waals surface area contributed by atoms with Gasteiger partial charge in [0.2, 0.25) is 5.91 Å². The molecule has 3 rings (SSSR count). The van der Waals surface area contributed by atoms with Crippen LogP contribution >= 0.6 is 11.6 Å². The molecule has 0 atom stereocenters. The average molecular weight is 356 g/mol. The Morgan fingerprint density at radius 3 is 2.60 bits per heavy atom. The van der Waals surface area contributed by atoms with Crippen LogP contribution in [0.1, 0.15) is 35.7 Å². The standard InChI is InChI=1S/C19H18ClN3O2/c1-12(22-23-19(25)16-7-2-3-8-17(16)20)14-5-4-6-15(11-14)21-18(24)13-9-10-13/h2-8,11,13H,9-10H2,1H3,(H,21,24)(H,23,25). The van der Waals surface area contributed by atoms with Gasteiger partial charge in [0.25, 0.3) is 5.91 Å². The molecule has 0 unspecified atom stereocenters. The molecule has 2 N–H and O–H groups in total. The van der Waals surface area contributed by atoms with Crippen molar-refractivity contribution in [1.29, 1.82) is 0 Å². The molecule has 128 valence electrons. The minimum Gasteiger partial charge on any atom is -0.326 e. The van der Waals surface area contributed by atoms with Crippen LogP contribution in [0.5, 0.6) is 0 Å². The van der Waals surface area contributed by atoms with Crippen molar-refractivity contribution in [3.63, 3.8) is 0 Å². The molecule has 5 nitrogen and oxygen atoms in total. The van der Waals surface area contributed by atoms with E-state index in [1.807, 2.05) is 24.3 Å². The summed E-state index contributed by atoms with van der Waals surface area (Å²) in [6, 6.07) is 14.2. The summed E-state index contributed by atoms with van der Waals surface area (Å²) >= 11 is 6.00. The Balaban J connectivity index is 1.68. The van der Waals surface area contributed by atoms with Gasteiger partial charge in [-0.1, -0.05) is 35.9 Å². The Kier molecular flexibility index (Phi) is 5.14. The monoisotopic (exact) mass is 355 g/mol. The fourth-order valence-corrected chi connectivity index (χ4v) is 2.54. The summed E-state index contributed by atoms with van der Waals surface area (Å²) in [5.41, 5.74) is 5.03. The third-order valence-electron chi connectivity index (χ3n) is 3.94. The second-order valence-corrected chi connectivity index (χ2v) is 6.37. The first-order valence-corrected chi connectivity index (χ1v) is 8.43. The molecule has 1 fully saturated rings. The van der Waals surface area contributed by atoms with E-state index in [1.165, 1.54) is 0 Å². The molecule has 1 aliphatic carbocycles. The van der Waals surface area contributed by atoms with Crippen molar-refractivity contribution in [3.05, 3.63) is 64.7 Å². The van der Waals surface area contributed by atoms with E-state index in [1.54, 1.807) is 31.2 Å². The number of carbonyl (C=O) groups is 2. The Hall–Kier alpha value is -2.66. The number of amides is 2. The fraction of sp³-hybridized carbons (Fsp3) is 0.211. The van der Waals surface area contributed by atoms with E-state index in [4.69, 9.17) is 11.6 Å². The SMILES string of the molecule is CC(=NNC(=O)c1ccccc1Cl)c1cccc(NC(=O)C2CC2)c1. The average Bonchev–Trinajstić information content (AvgIpc) is 3.45. The first kappa shape index (κ1) is 17.2. The lowest BCUT2D eigenvalue weighted by atomic mass is 10.1. The summed E-state index contributed by atoms with van der Waals surface area (Å²) in [6.07, 6.45) is 1.92. The Morgan fingerprint density at radius 2 is 1.88 bits per heavy atom. The van der Waals surface area contributed by atoms with E-state index in [2.05, 4.69) is 15.8 Å². The summed E-state index contributed by atoms with van der Waals surface area (Å²) in [7, 11) is 0. The molecule has 1 aliphatic rings. The highest BCUT2D eigenvalue weighted by Gasteiger charge is 2.29. The predicted molar refractivity (Wildman–Crippen MR) is 98.9 cm³/mol. The minimum absolute atomic E-state index is 0.0544. The number of halogens is 1. The molecule has 2 aromatic rings. The lowest BCUT2D eigenvalue weighted by Crippen LogP contribution is -2.19. The van der Waals surface area contributed by atoms with Crippen molar-refractivity contribution in [3.8, 4) is 0 Å². The highest BCUT2D eigenvalue weighted by Crippen LogP contribution is 2.30. The molecule has 0 bridgehead atoms. The van der Waals surface area contributed by atoms with E-state index >= 15 is 0 Å². The third-order valence-corrected chi connectivity index (χ3v) is 4.27. The van der Waals surface area contributed by atoms with Crippen molar-refractivity contribution in [1.82, 2.24) is 5.43 Å². The van der Waals surface area contributed by atoms with Gasteiger partial charge in [-0.3, -0.25) is 9.59 Å². The molecule has 2 aromatic carbocycles. The van der Waals surface area contributed by atoms with Crippen LogP contribution in [0.25, 0.3) is 0 Å². The van der Waals surface area contributed by atoms with E-state index in [-0.39, 0.29) is 17.7 Å². The molecule has 0 saturated heterocycles. The van der Waals surface area contributed by atoms with E-state index in [0.717, 1.165) is 24.1 Å². The second kappa shape index (κ2) is 7.49. The fourth-order valence-electron chi connectivity index (χ4n) is 2.32. The normalized spacial score (nSPS) is 14.1. The van der Waals surface area contributed by atoms with Crippen molar-refractivity contribution < 1.29 is 9.59 Å². The van der Waals surface area contributed by atoms with Crippen LogP contribution in [0.2, 0.25) is 5.02 Å². The Bertz CT molecular complexity index is 844. The predicted octanol–water partition coefficient (Wildman–Crippen LogP) is 3.84. The van der Waals surface area contributed by atoms with Gasteiger partial charge in [0.05, 0.1) is 16.3 Å². The maximum atomic E-state index is 12.1. The number of nitrogens with zero attached hydrogens (tertiary/aromatic N) is 1. The number of carbonyl (C=O) groups excluding carboxylic acids is 2. The smallest absolute Gasteiger partial charge is 0.272 e. The molecular weight excluding hydrogens is 338 g/mol. The van der Waals surface area contributed by atoms with Gasteiger partial charge >= 0.3 is 0 Å². The van der Waals surface area contributed by atoms with Crippen LogP contribution in [-0.2, 0) is 4.79 Å². The van der Waals surface area contributed by atoms with Gasteiger partial charge in [-0.05, 0) is 49.6 Å². The summed E-state index contributed by atoms with van der Waals surface area (Å²) in [6.45, 7) is 1.79. The molecule has 0 aromatic heterocycles. The maximum absolute atomic E-state index is 12.1. The maximum Gasteiger partial charge on any atom is 0.272 e. The molecule has 0 radical (unpaired) electrons. The van der Waals surface area contributed by atoms with E-state index < -0.39 is 0 Å². The van der Waals surface area contributed by atoms with Gasteiger partial charge in [0.1, 0.15) is 0 Å². The summed E-state index contributed by atoms with van der Waals surface area (Å²) in [5, 5.41) is 7.40. The molecule has 0 heterocycles. The van der Waals surface area contributed by atoms with Crippen molar-refractivity contribution in [2.45, 2.75) is 19.8 Å². The van der Waals surface area contributed by atoms with Gasteiger partial charge in [-0.2, -0.15) is 5.10 Å². The van der Waals surface area contributed by atoms with Crippen molar-refractivity contribution in [2.75, 3.05) is 5.32 Å². The Morgan fingerprint density at radius 1 is 1.12 bits per heavy atom. The van der Waals surface area contributed by atoms with Crippen molar-refractivity contribution >= 4 is 34.8 Å². The number of benzene rings is 2. The topological polar surface area (TPSA) is 70.6 Å². The van der Waals surface area contributed by atoms with Gasteiger partial charge in [0, 0.05) is 11.6 Å². The van der Waals surface area contributed by atoms with Crippen LogP contribution in [0.15, 0.2) is 53.6 Å². The quantitative estimate of drug-likeness (QED) is 0.631. The van der Waals surface area contributed by atoms with Gasteiger partial charge in [-0.25, -0.2) is 5.43 Å². The zero-order valence-corrected chi connectivity index (χ0v) is 14.5. The molecule has 1 saturated carbocycles. The highest BCUT2D eigenvalue weighted by molar-refractivity contribution is 6.33. The highest BCUT2D eigenvalue weighted by atomic mass is 35.5.